The van der Waals surface area contributed by atoms with Crippen molar-refractivity contribution in [1.29, 1.82) is 0 Å². The van der Waals surface area contributed by atoms with Gasteiger partial charge in [0.05, 0.1) is 35.6 Å². The number of fused-ring (bicyclic) bond motifs is 1. The van der Waals surface area contributed by atoms with E-state index in [9.17, 15) is 14.0 Å². The number of hydrogen-bond acceptors (Lipinski definition) is 5. The lowest BCUT2D eigenvalue weighted by Gasteiger charge is -2.30. The first kappa shape index (κ1) is 26.4. The molecule has 200 valence electrons. The Hall–Kier alpha value is -3.17. The van der Waals surface area contributed by atoms with Crippen molar-refractivity contribution in [3.05, 3.63) is 76.7 Å². The highest BCUT2D eigenvalue weighted by atomic mass is 32.2. The van der Waals surface area contributed by atoms with E-state index in [1.165, 1.54) is 23.9 Å². The third-order valence-corrected chi connectivity index (χ3v) is 8.13. The molecule has 1 atom stereocenters. The molecule has 0 N–H and O–H groups in total. The van der Waals surface area contributed by atoms with Gasteiger partial charge >= 0.3 is 0 Å². The van der Waals surface area contributed by atoms with E-state index < -0.39 is 0 Å². The molecule has 0 radical (unpaired) electrons. The minimum atomic E-state index is -0.356. The lowest BCUT2D eigenvalue weighted by atomic mass is 9.87. The van der Waals surface area contributed by atoms with Crippen LogP contribution in [0, 0.1) is 12.7 Å². The number of nitrogens with zero attached hydrogens (tertiary/aromatic N) is 4. The minimum absolute atomic E-state index is 0.0797. The second-order valence-electron chi connectivity index (χ2n) is 10.8. The highest BCUT2D eigenvalue weighted by Gasteiger charge is 2.40. The molecule has 0 saturated carbocycles. The van der Waals surface area contributed by atoms with Crippen LogP contribution in [0.25, 0.3) is 5.69 Å². The smallest absolute Gasteiger partial charge is 0.242 e. The van der Waals surface area contributed by atoms with Crippen molar-refractivity contribution in [2.45, 2.75) is 38.4 Å². The fourth-order valence-electron chi connectivity index (χ4n) is 4.96. The molecular weight excluding hydrogens is 503 g/mol. The van der Waals surface area contributed by atoms with Crippen molar-refractivity contribution in [2.24, 2.45) is 0 Å². The van der Waals surface area contributed by atoms with Crippen LogP contribution < -0.4 is 4.90 Å². The van der Waals surface area contributed by atoms with Gasteiger partial charge in [0.1, 0.15) is 18.2 Å². The van der Waals surface area contributed by atoms with Crippen molar-refractivity contribution in [3.63, 3.8) is 0 Å². The summed E-state index contributed by atoms with van der Waals surface area (Å²) in [7, 11) is 0. The monoisotopic (exact) mass is 536 g/mol. The number of anilines is 1. The van der Waals surface area contributed by atoms with Gasteiger partial charge in [0, 0.05) is 24.1 Å². The summed E-state index contributed by atoms with van der Waals surface area (Å²) in [4.78, 5) is 30.5. The van der Waals surface area contributed by atoms with Gasteiger partial charge in [0.15, 0.2) is 0 Å². The number of carbonyl (C=O) groups is 2. The fraction of sp³-hybridized carbons (Fsp3) is 0.414. The van der Waals surface area contributed by atoms with Crippen LogP contribution in [0.2, 0.25) is 0 Å². The van der Waals surface area contributed by atoms with Crippen molar-refractivity contribution in [2.75, 3.05) is 43.5 Å². The molecule has 38 heavy (non-hydrogen) atoms. The molecule has 5 rings (SSSR count). The lowest BCUT2D eigenvalue weighted by molar-refractivity contribution is -0.134. The van der Waals surface area contributed by atoms with Crippen LogP contribution in [-0.2, 0) is 19.7 Å². The molecule has 2 amide bonds. The maximum absolute atomic E-state index is 13.9. The predicted octanol–water partition coefficient (Wildman–Crippen LogP) is 4.65. The molecule has 0 aliphatic carbocycles. The van der Waals surface area contributed by atoms with Crippen LogP contribution in [0.3, 0.4) is 0 Å². The highest BCUT2D eigenvalue weighted by Crippen LogP contribution is 2.48. The quantitative estimate of drug-likeness (QED) is 0.486. The summed E-state index contributed by atoms with van der Waals surface area (Å²) in [5.41, 5.74) is 4.14. The first-order valence-corrected chi connectivity index (χ1v) is 13.9. The molecule has 0 unspecified atom stereocenters. The van der Waals surface area contributed by atoms with Gasteiger partial charge in [-0.15, -0.1) is 11.8 Å². The summed E-state index contributed by atoms with van der Waals surface area (Å²) in [6, 6.07) is 14.4. The molecule has 0 bridgehead atoms. The molecule has 9 heteroatoms. The molecule has 3 aromatic rings. The van der Waals surface area contributed by atoms with Crippen molar-refractivity contribution < 1.29 is 18.7 Å². The van der Waals surface area contributed by atoms with E-state index in [0.29, 0.717) is 32.1 Å². The van der Waals surface area contributed by atoms with E-state index in [-0.39, 0.29) is 40.6 Å². The van der Waals surface area contributed by atoms with E-state index in [1.54, 1.807) is 21.9 Å². The number of thioether (sulfide) groups is 1. The van der Waals surface area contributed by atoms with Gasteiger partial charge in [-0.1, -0.05) is 45.0 Å². The largest absolute Gasteiger partial charge is 0.378 e. The number of ether oxygens (including phenoxy) is 1. The summed E-state index contributed by atoms with van der Waals surface area (Å²) in [6.45, 7) is 10.2. The number of carbonyl (C=O) groups excluding carboxylic acids is 2. The molecule has 2 aromatic carbocycles. The zero-order valence-corrected chi connectivity index (χ0v) is 23.1. The third kappa shape index (κ3) is 5.22. The van der Waals surface area contributed by atoms with Gasteiger partial charge in [0.2, 0.25) is 11.8 Å². The Kier molecular flexibility index (Phi) is 7.33. The van der Waals surface area contributed by atoms with Crippen LogP contribution in [0.15, 0.2) is 48.5 Å². The molecule has 2 aliphatic rings. The Bertz CT molecular complexity index is 1340. The summed E-state index contributed by atoms with van der Waals surface area (Å²) in [6.07, 6.45) is 0. The van der Waals surface area contributed by atoms with E-state index in [2.05, 4.69) is 20.8 Å². The van der Waals surface area contributed by atoms with Crippen LogP contribution in [0.5, 0.6) is 0 Å². The minimum Gasteiger partial charge on any atom is -0.378 e. The molecule has 1 saturated heterocycles. The predicted molar refractivity (Wildman–Crippen MR) is 147 cm³/mol. The first-order valence-electron chi connectivity index (χ1n) is 12.9. The number of halogens is 1. The molecule has 0 spiro atoms. The standard InChI is InChI=1S/C29H33FN4O3S/c1-19-6-5-7-22(16-19)34-28-25(27(31-34)29(2,3)4)26(20-8-10-21(30)11-9-20)38-18-24(36)33(28)17-23(35)32-12-14-37-15-13-32/h5-11,16,26H,12-15,17-18H2,1-4H3/t26-/m0/s1. The van der Waals surface area contributed by atoms with Crippen molar-refractivity contribution in [1.82, 2.24) is 14.7 Å². The summed E-state index contributed by atoms with van der Waals surface area (Å²) >= 11 is 1.49. The van der Waals surface area contributed by atoms with E-state index >= 15 is 0 Å². The summed E-state index contributed by atoms with van der Waals surface area (Å²) < 4.78 is 21.1. The zero-order valence-electron chi connectivity index (χ0n) is 22.2. The van der Waals surface area contributed by atoms with Gasteiger partial charge in [-0.2, -0.15) is 5.10 Å². The second kappa shape index (κ2) is 10.5. The number of aromatic nitrogens is 2. The SMILES string of the molecule is Cc1cccc(-n2nc(C(C)(C)C)c3c2N(CC(=O)N2CCOCC2)C(=O)CS[C@H]3c2ccc(F)cc2)c1. The Morgan fingerprint density at radius 1 is 1.13 bits per heavy atom. The molecule has 7 nitrogen and oxygen atoms in total. The fourth-order valence-corrected chi connectivity index (χ4v) is 6.16. The van der Waals surface area contributed by atoms with Gasteiger partial charge in [-0.25, -0.2) is 9.07 Å². The third-order valence-electron chi connectivity index (χ3n) is 6.88. The van der Waals surface area contributed by atoms with Crippen molar-refractivity contribution >= 4 is 29.4 Å². The number of benzene rings is 2. The van der Waals surface area contributed by atoms with Crippen molar-refractivity contribution in [3.8, 4) is 5.69 Å². The highest BCUT2D eigenvalue weighted by molar-refractivity contribution is 8.00. The number of morpholine rings is 1. The lowest BCUT2D eigenvalue weighted by Crippen LogP contribution is -2.48. The molecule has 2 aliphatic heterocycles. The topological polar surface area (TPSA) is 67.7 Å². The maximum Gasteiger partial charge on any atom is 0.242 e. The number of hydrogen-bond donors (Lipinski definition) is 0. The van der Waals surface area contributed by atoms with Gasteiger partial charge < -0.3 is 9.64 Å². The Morgan fingerprint density at radius 3 is 2.50 bits per heavy atom. The summed E-state index contributed by atoms with van der Waals surface area (Å²) in [5, 5.41) is 4.85. The molecule has 1 fully saturated rings. The molecule has 1 aromatic heterocycles. The Labute approximate surface area is 226 Å². The zero-order chi connectivity index (χ0) is 27.0. The van der Waals surface area contributed by atoms with Crippen LogP contribution in [-0.4, -0.2) is 65.1 Å². The number of rotatable bonds is 4. The number of aryl methyl sites for hydroxylation is 1. The van der Waals surface area contributed by atoms with Gasteiger partial charge in [0.25, 0.3) is 0 Å². The first-order chi connectivity index (χ1) is 18.1. The van der Waals surface area contributed by atoms with Gasteiger partial charge in [-0.3, -0.25) is 14.5 Å². The van der Waals surface area contributed by atoms with Gasteiger partial charge in [-0.05, 0) is 42.3 Å². The number of amides is 2. The molecule has 3 heterocycles. The second-order valence-corrected chi connectivity index (χ2v) is 11.9. The Balaban J connectivity index is 1.73. The van der Waals surface area contributed by atoms with E-state index in [1.807, 2.05) is 35.9 Å². The maximum atomic E-state index is 13.9. The van der Waals surface area contributed by atoms with E-state index in [4.69, 9.17) is 9.84 Å². The summed E-state index contributed by atoms with van der Waals surface area (Å²) in [5.74, 6) is 0.202. The average Bonchev–Trinajstić information content (AvgIpc) is 3.23. The van der Waals surface area contributed by atoms with Crippen LogP contribution in [0.4, 0.5) is 10.2 Å². The van der Waals surface area contributed by atoms with Crippen LogP contribution in [0.1, 0.15) is 48.4 Å². The molecular formula is C29H33FN4O3S. The normalized spacial score (nSPS) is 18.3. The van der Waals surface area contributed by atoms with E-state index in [0.717, 1.165) is 28.1 Å². The average molecular weight is 537 g/mol. The van der Waals surface area contributed by atoms with Crippen LogP contribution >= 0.6 is 11.8 Å². The Morgan fingerprint density at radius 2 is 1.84 bits per heavy atom.